The number of nitrogens with zero attached hydrogens (tertiary/aromatic N) is 8. The Kier molecular flexibility index (Phi) is 5.29. The third kappa shape index (κ3) is 3.59. The molecule has 28 heavy (non-hydrogen) atoms. The number of imidazole rings is 1. The van der Waals surface area contributed by atoms with Crippen molar-refractivity contribution in [2.75, 3.05) is 31.1 Å². The highest BCUT2D eigenvalue weighted by Crippen LogP contribution is 2.20. The molecule has 1 aliphatic heterocycles. The van der Waals surface area contributed by atoms with Crippen LogP contribution in [-0.4, -0.2) is 66.1 Å². The van der Waals surface area contributed by atoms with Crippen LogP contribution in [0.3, 0.4) is 0 Å². The Bertz CT molecular complexity index is 960. The van der Waals surface area contributed by atoms with Gasteiger partial charge in [0, 0.05) is 44.6 Å². The first kappa shape index (κ1) is 18.5. The molecule has 146 valence electrons. The standard InChI is InChI=1S/C18H22N8OS/c1-3-4-14-17(28-23-22-14)18(27)25-9-7-24(8-10-25)15-11-16(21-12-20-15)26-6-5-19-13(26)2/h5-6,11-12H,3-4,7-10H2,1-2H3. The van der Waals surface area contributed by atoms with Gasteiger partial charge in [-0.2, -0.15) is 0 Å². The SMILES string of the molecule is CCCc1nnsc1C(=O)N1CCN(c2cc(-n3ccnc3C)ncn2)CC1. The van der Waals surface area contributed by atoms with Gasteiger partial charge in [-0.25, -0.2) is 15.0 Å². The average molecular weight is 398 g/mol. The van der Waals surface area contributed by atoms with Crippen LogP contribution in [0.1, 0.15) is 34.5 Å². The van der Waals surface area contributed by atoms with Crippen LogP contribution in [0.5, 0.6) is 0 Å². The van der Waals surface area contributed by atoms with Crippen molar-refractivity contribution in [1.29, 1.82) is 0 Å². The van der Waals surface area contributed by atoms with Crippen molar-refractivity contribution in [3.63, 3.8) is 0 Å². The van der Waals surface area contributed by atoms with Crippen molar-refractivity contribution in [3.8, 4) is 5.82 Å². The molecule has 0 aromatic carbocycles. The van der Waals surface area contributed by atoms with Crippen LogP contribution in [0.15, 0.2) is 24.8 Å². The van der Waals surface area contributed by atoms with Gasteiger partial charge in [-0.05, 0) is 24.9 Å². The normalized spacial score (nSPS) is 14.5. The molecule has 10 heteroatoms. The van der Waals surface area contributed by atoms with E-state index in [1.165, 1.54) is 11.5 Å². The van der Waals surface area contributed by atoms with E-state index in [9.17, 15) is 4.79 Å². The molecule has 4 heterocycles. The van der Waals surface area contributed by atoms with Crippen LogP contribution < -0.4 is 4.90 Å². The van der Waals surface area contributed by atoms with Gasteiger partial charge < -0.3 is 9.80 Å². The Morgan fingerprint density at radius 1 is 1.14 bits per heavy atom. The van der Waals surface area contributed by atoms with Crippen LogP contribution in [0.4, 0.5) is 5.82 Å². The predicted molar refractivity (Wildman–Crippen MR) is 106 cm³/mol. The second-order valence-electron chi connectivity index (χ2n) is 6.66. The summed E-state index contributed by atoms with van der Waals surface area (Å²) in [6.07, 6.45) is 6.94. The van der Waals surface area contributed by atoms with Crippen molar-refractivity contribution < 1.29 is 4.79 Å². The van der Waals surface area contributed by atoms with E-state index in [1.807, 2.05) is 28.7 Å². The molecule has 0 N–H and O–H groups in total. The first-order valence-electron chi connectivity index (χ1n) is 9.35. The molecule has 4 rings (SSSR count). The lowest BCUT2D eigenvalue weighted by Crippen LogP contribution is -2.49. The Labute approximate surface area is 167 Å². The summed E-state index contributed by atoms with van der Waals surface area (Å²) < 4.78 is 5.90. The van der Waals surface area contributed by atoms with Crippen molar-refractivity contribution in [3.05, 3.63) is 41.2 Å². The molecule has 1 saturated heterocycles. The minimum atomic E-state index is 0.0375. The minimum Gasteiger partial charge on any atom is -0.353 e. The lowest BCUT2D eigenvalue weighted by atomic mass is 10.2. The van der Waals surface area contributed by atoms with E-state index in [0.29, 0.717) is 18.0 Å². The number of aromatic nitrogens is 6. The molecule has 0 spiro atoms. The van der Waals surface area contributed by atoms with Crippen LogP contribution >= 0.6 is 11.5 Å². The predicted octanol–water partition coefficient (Wildman–Crippen LogP) is 1.74. The van der Waals surface area contributed by atoms with E-state index in [-0.39, 0.29) is 5.91 Å². The fourth-order valence-electron chi connectivity index (χ4n) is 3.32. The summed E-state index contributed by atoms with van der Waals surface area (Å²) in [5.74, 6) is 2.56. The summed E-state index contributed by atoms with van der Waals surface area (Å²) in [6, 6.07) is 1.96. The number of piperazine rings is 1. The fraction of sp³-hybridized carbons (Fsp3) is 0.444. The molecule has 1 aliphatic rings. The molecular weight excluding hydrogens is 376 g/mol. The molecule has 0 aliphatic carbocycles. The molecule has 9 nitrogen and oxygen atoms in total. The number of aryl methyl sites for hydroxylation is 2. The van der Waals surface area contributed by atoms with E-state index >= 15 is 0 Å². The molecule has 1 amide bonds. The third-order valence-corrected chi connectivity index (χ3v) is 5.59. The van der Waals surface area contributed by atoms with Gasteiger partial charge in [0.1, 0.15) is 28.7 Å². The Balaban J connectivity index is 1.44. The highest BCUT2D eigenvalue weighted by molar-refractivity contribution is 7.08. The van der Waals surface area contributed by atoms with Crippen LogP contribution in [0.25, 0.3) is 5.82 Å². The zero-order valence-corrected chi connectivity index (χ0v) is 16.8. The zero-order valence-electron chi connectivity index (χ0n) is 15.9. The number of rotatable bonds is 5. The van der Waals surface area contributed by atoms with E-state index in [4.69, 9.17) is 0 Å². The number of hydrogen-bond acceptors (Lipinski definition) is 8. The molecular formula is C18H22N8OS. The van der Waals surface area contributed by atoms with Crippen LogP contribution in [0, 0.1) is 6.92 Å². The molecule has 3 aromatic heterocycles. The number of amides is 1. The third-order valence-electron chi connectivity index (χ3n) is 4.84. The van der Waals surface area contributed by atoms with E-state index in [2.05, 4.69) is 36.4 Å². The van der Waals surface area contributed by atoms with Crippen molar-refractivity contribution in [2.24, 2.45) is 0 Å². The van der Waals surface area contributed by atoms with E-state index in [0.717, 1.165) is 49.1 Å². The van der Waals surface area contributed by atoms with Gasteiger partial charge >= 0.3 is 0 Å². The Morgan fingerprint density at radius 2 is 1.93 bits per heavy atom. The second kappa shape index (κ2) is 8.01. The maximum absolute atomic E-state index is 12.8. The maximum atomic E-state index is 12.8. The highest BCUT2D eigenvalue weighted by Gasteiger charge is 2.26. The number of carbonyl (C=O) groups is 1. The molecule has 0 bridgehead atoms. The molecule has 1 fully saturated rings. The summed E-state index contributed by atoms with van der Waals surface area (Å²) in [4.78, 5) is 30.6. The van der Waals surface area contributed by atoms with Crippen LogP contribution in [0.2, 0.25) is 0 Å². The molecule has 0 unspecified atom stereocenters. The Hall–Kier alpha value is -2.88. The van der Waals surface area contributed by atoms with Gasteiger partial charge in [0.05, 0.1) is 5.69 Å². The number of carbonyl (C=O) groups excluding carboxylic acids is 1. The van der Waals surface area contributed by atoms with Crippen molar-refractivity contribution in [1.82, 2.24) is 34.0 Å². The quantitative estimate of drug-likeness (QED) is 0.646. The number of hydrogen-bond donors (Lipinski definition) is 0. The first-order valence-corrected chi connectivity index (χ1v) is 10.1. The highest BCUT2D eigenvalue weighted by atomic mass is 32.1. The second-order valence-corrected chi connectivity index (χ2v) is 7.41. The van der Waals surface area contributed by atoms with Gasteiger partial charge in [-0.15, -0.1) is 5.10 Å². The molecule has 0 radical (unpaired) electrons. The first-order chi connectivity index (χ1) is 13.7. The monoisotopic (exact) mass is 398 g/mol. The maximum Gasteiger partial charge on any atom is 0.267 e. The lowest BCUT2D eigenvalue weighted by Gasteiger charge is -2.35. The average Bonchev–Trinajstić information content (AvgIpc) is 3.37. The smallest absolute Gasteiger partial charge is 0.267 e. The van der Waals surface area contributed by atoms with E-state index < -0.39 is 0 Å². The number of anilines is 1. The summed E-state index contributed by atoms with van der Waals surface area (Å²) in [5.41, 5.74) is 0.816. The fourth-order valence-corrected chi connectivity index (χ4v) is 3.99. The largest absolute Gasteiger partial charge is 0.353 e. The Morgan fingerprint density at radius 3 is 2.64 bits per heavy atom. The molecule has 0 saturated carbocycles. The van der Waals surface area contributed by atoms with Crippen LogP contribution in [-0.2, 0) is 6.42 Å². The lowest BCUT2D eigenvalue weighted by molar-refractivity contribution is 0.0750. The summed E-state index contributed by atoms with van der Waals surface area (Å²) in [6.45, 7) is 6.75. The zero-order chi connectivity index (χ0) is 19.5. The van der Waals surface area contributed by atoms with Gasteiger partial charge in [0.15, 0.2) is 0 Å². The van der Waals surface area contributed by atoms with Gasteiger partial charge in [0.25, 0.3) is 5.91 Å². The topological polar surface area (TPSA) is 92.9 Å². The molecule has 3 aromatic rings. The molecule has 0 atom stereocenters. The summed E-state index contributed by atoms with van der Waals surface area (Å²) in [7, 11) is 0. The van der Waals surface area contributed by atoms with Crippen molar-refractivity contribution in [2.45, 2.75) is 26.7 Å². The van der Waals surface area contributed by atoms with E-state index in [1.54, 1.807) is 12.5 Å². The van der Waals surface area contributed by atoms with Gasteiger partial charge in [-0.1, -0.05) is 17.8 Å². The minimum absolute atomic E-state index is 0.0375. The van der Waals surface area contributed by atoms with Crippen molar-refractivity contribution >= 4 is 23.3 Å². The van der Waals surface area contributed by atoms with Gasteiger partial charge in [0.2, 0.25) is 0 Å². The summed E-state index contributed by atoms with van der Waals surface area (Å²) >= 11 is 1.19. The summed E-state index contributed by atoms with van der Waals surface area (Å²) in [5, 5.41) is 4.11. The van der Waals surface area contributed by atoms with Gasteiger partial charge in [-0.3, -0.25) is 9.36 Å².